The Morgan fingerprint density at radius 2 is 1.33 bits per heavy atom. The lowest BCUT2D eigenvalue weighted by Crippen LogP contribution is -2.34. The van der Waals surface area contributed by atoms with Crippen molar-refractivity contribution in [3.05, 3.63) is 53.6 Å². The fourth-order valence-corrected chi connectivity index (χ4v) is 2.46. The third kappa shape index (κ3) is 4.13. The van der Waals surface area contributed by atoms with Gasteiger partial charge in [-0.15, -0.1) is 0 Å². The Balaban J connectivity index is 1.59. The van der Waals surface area contributed by atoms with Gasteiger partial charge in [-0.25, -0.2) is 0 Å². The van der Waals surface area contributed by atoms with Gasteiger partial charge in [0.2, 0.25) is 0 Å². The maximum Gasteiger partial charge on any atom is 0.127 e. The summed E-state index contributed by atoms with van der Waals surface area (Å²) in [6.45, 7) is 2.06. The monoisotopic (exact) mass is 303 g/mol. The van der Waals surface area contributed by atoms with E-state index < -0.39 is 0 Å². The predicted molar refractivity (Wildman–Crippen MR) is 84.5 cm³/mol. The Morgan fingerprint density at radius 3 is 1.95 bits per heavy atom. The molecule has 21 heavy (non-hydrogen) atoms. The summed E-state index contributed by atoms with van der Waals surface area (Å²) in [5, 5.41) is 4.03. The van der Waals surface area contributed by atoms with Gasteiger partial charge in [-0.3, -0.25) is 0 Å². The molecule has 1 heterocycles. The molecule has 1 fully saturated rings. The first-order valence-corrected chi connectivity index (χ1v) is 7.58. The van der Waals surface area contributed by atoms with E-state index in [0.29, 0.717) is 11.1 Å². The lowest BCUT2D eigenvalue weighted by atomic mass is 10.1. The smallest absolute Gasteiger partial charge is 0.127 e. The maximum atomic E-state index is 5.96. The first kappa shape index (κ1) is 14.2. The van der Waals surface area contributed by atoms with E-state index in [9.17, 15) is 0 Å². The number of ether oxygens (including phenoxy) is 2. The minimum Gasteiger partial charge on any atom is -0.490 e. The highest BCUT2D eigenvalue weighted by molar-refractivity contribution is 6.30. The summed E-state index contributed by atoms with van der Waals surface area (Å²) in [7, 11) is 0. The van der Waals surface area contributed by atoms with Crippen molar-refractivity contribution in [2.75, 3.05) is 13.1 Å². The molecular weight excluding hydrogens is 286 g/mol. The second-order valence-electron chi connectivity index (χ2n) is 5.09. The summed E-state index contributed by atoms with van der Waals surface area (Å²) >= 11 is 5.85. The van der Waals surface area contributed by atoms with Crippen molar-refractivity contribution in [2.24, 2.45) is 0 Å². The molecule has 0 aromatic heterocycles. The van der Waals surface area contributed by atoms with Gasteiger partial charge in [0, 0.05) is 5.02 Å². The predicted octanol–water partition coefficient (Wildman–Crippen LogP) is 4.26. The first-order valence-electron chi connectivity index (χ1n) is 7.20. The van der Waals surface area contributed by atoms with Crippen molar-refractivity contribution in [1.29, 1.82) is 0 Å². The maximum absolute atomic E-state index is 5.96. The van der Waals surface area contributed by atoms with E-state index in [1.807, 2.05) is 48.5 Å². The summed E-state index contributed by atoms with van der Waals surface area (Å²) in [6, 6.07) is 15.1. The number of piperidine rings is 1. The van der Waals surface area contributed by atoms with Gasteiger partial charge in [0.1, 0.15) is 23.4 Å². The fraction of sp³-hybridized carbons (Fsp3) is 0.294. The standard InChI is InChI=1S/C17H18ClNO2/c18-13-1-3-14(4-2-13)20-15-5-7-16(8-6-15)21-17-9-11-19-12-10-17/h1-8,17,19H,9-12H2. The van der Waals surface area contributed by atoms with Crippen LogP contribution in [-0.4, -0.2) is 19.2 Å². The summed E-state index contributed by atoms with van der Waals surface area (Å²) in [5.41, 5.74) is 0. The average Bonchev–Trinajstić information content (AvgIpc) is 2.53. The van der Waals surface area contributed by atoms with Crippen LogP contribution in [0.5, 0.6) is 17.2 Å². The number of hydrogen-bond donors (Lipinski definition) is 1. The summed E-state index contributed by atoms with van der Waals surface area (Å²) in [6.07, 6.45) is 2.43. The topological polar surface area (TPSA) is 30.5 Å². The first-order chi connectivity index (χ1) is 10.3. The van der Waals surface area contributed by atoms with E-state index in [1.54, 1.807) is 0 Å². The average molecular weight is 304 g/mol. The third-order valence-corrected chi connectivity index (χ3v) is 3.71. The van der Waals surface area contributed by atoms with Crippen molar-refractivity contribution >= 4 is 11.6 Å². The molecule has 0 aliphatic carbocycles. The van der Waals surface area contributed by atoms with Gasteiger partial charge in [0.05, 0.1) is 0 Å². The molecule has 1 aliphatic rings. The number of hydrogen-bond acceptors (Lipinski definition) is 3. The third-order valence-electron chi connectivity index (χ3n) is 3.46. The highest BCUT2D eigenvalue weighted by atomic mass is 35.5. The van der Waals surface area contributed by atoms with Crippen LogP contribution >= 0.6 is 11.6 Å². The van der Waals surface area contributed by atoms with E-state index in [-0.39, 0.29) is 0 Å². The van der Waals surface area contributed by atoms with Gasteiger partial charge in [-0.1, -0.05) is 11.6 Å². The molecule has 2 aromatic rings. The Bertz CT molecular complexity index is 562. The van der Waals surface area contributed by atoms with Crippen molar-refractivity contribution in [1.82, 2.24) is 5.32 Å². The van der Waals surface area contributed by atoms with Gasteiger partial charge in [-0.2, -0.15) is 0 Å². The largest absolute Gasteiger partial charge is 0.490 e. The molecule has 4 heteroatoms. The molecule has 1 aliphatic heterocycles. The van der Waals surface area contributed by atoms with Crippen LogP contribution in [0.15, 0.2) is 48.5 Å². The van der Waals surface area contributed by atoms with Gasteiger partial charge < -0.3 is 14.8 Å². The molecule has 0 amide bonds. The van der Waals surface area contributed by atoms with E-state index in [1.165, 1.54) is 0 Å². The molecule has 3 rings (SSSR count). The van der Waals surface area contributed by atoms with Crippen LogP contribution in [-0.2, 0) is 0 Å². The van der Waals surface area contributed by atoms with Gasteiger partial charge in [0.25, 0.3) is 0 Å². The second kappa shape index (κ2) is 6.83. The van der Waals surface area contributed by atoms with Gasteiger partial charge >= 0.3 is 0 Å². The van der Waals surface area contributed by atoms with Gasteiger partial charge in [-0.05, 0) is 74.5 Å². The molecule has 110 valence electrons. The Kier molecular flexibility index (Phi) is 4.63. The van der Waals surface area contributed by atoms with Crippen LogP contribution in [0, 0.1) is 0 Å². The number of rotatable bonds is 4. The van der Waals surface area contributed by atoms with Crippen molar-refractivity contribution < 1.29 is 9.47 Å². The highest BCUT2D eigenvalue weighted by Crippen LogP contribution is 2.26. The summed E-state index contributed by atoms with van der Waals surface area (Å²) < 4.78 is 11.7. The lowest BCUT2D eigenvalue weighted by Gasteiger charge is -2.23. The zero-order chi connectivity index (χ0) is 14.5. The zero-order valence-electron chi connectivity index (χ0n) is 11.7. The van der Waals surface area contributed by atoms with Crippen molar-refractivity contribution in [3.8, 4) is 17.2 Å². The quantitative estimate of drug-likeness (QED) is 0.915. The van der Waals surface area contributed by atoms with E-state index >= 15 is 0 Å². The lowest BCUT2D eigenvalue weighted by molar-refractivity contribution is 0.162. The zero-order valence-corrected chi connectivity index (χ0v) is 12.5. The van der Waals surface area contributed by atoms with Crippen molar-refractivity contribution in [3.63, 3.8) is 0 Å². The Hall–Kier alpha value is -1.71. The normalized spacial score (nSPS) is 15.7. The van der Waals surface area contributed by atoms with E-state index in [2.05, 4.69) is 5.32 Å². The minimum absolute atomic E-state index is 0.314. The molecule has 3 nitrogen and oxygen atoms in total. The SMILES string of the molecule is Clc1ccc(Oc2ccc(OC3CCNCC3)cc2)cc1. The number of halogens is 1. The van der Waals surface area contributed by atoms with Gasteiger partial charge in [0.15, 0.2) is 0 Å². The van der Waals surface area contributed by atoms with Crippen LogP contribution < -0.4 is 14.8 Å². The van der Waals surface area contributed by atoms with Crippen LogP contribution in [0.3, 0.4) is 0 Å². The van der Waals surface area contributed by atoms with Crippen LogP contribution in [0.1, 0.15) is 12.8 Å². The number of benzene rings is 2. The summed E-state index contributed by atoms with van der Waals surface area (Å²) in [4.78, 5) is 0. The molecule has 0 saturated carbocycles. The Labute approximate surface area is 129 Å². The Morgan fingerprint density at radius 1 is 0.810 bits per heavy atom. The molecule has 1 saturated heterocycles. The molecule has 0 spiro atoms. The summed E-state index contributed by atoms with van der Waals surface area (Å²) in [5.74, 6) is 2.45. The molecular formula is C17H18ClNO2. The highest BCUT2D eigenvalue weighted by Gasteiger charge is 2.14. The van der Waals surface area contributed by atoms with E-state index in [4.69, 9.17) is 21.1 Å². The molecule has 0 bridgehead atoms. The number of nitrogens with one attached hydrogen (secondary N) is 1. The van der Waals surface area contributed by atoms with E-state index in [0.717, 1.165) is 43.2 Å². The fourth-order valence-electron chi connectivity index (χ4n) is 2.33. The second-order valence-corrected chi connectivity index (χ2v) is 5.53. The molecule has 1 N–H and O–H groups in total. The minimum atomic E-state index is 0.314. The van der Waals surface area contributed by atoms with Crippen LogP contribution in [0.25, 0.3) is 0 Å². The molecule has 0 atom stereocenters. The van der Waals surface area contributed by atoms with Crippen LogP contribution in [0.2, 0.25) is 5.02 Å². The van der Waals surface area contributed by atoms with Crippen LogP contribution in [0.4, 0.5) is 0 Å². The molecule has 0 radical (unpaired) electrons. The van der Waals surface area contributed by atoms with Crippen molar-refractivity contribution in [2.45, 2.75) is 18.9 Å². The molecule has 2 aromatic carbocycles. The molecule has 0 unspecified atom stereocenters.